The van der Waals surface area contributed by atoms with E-state index in [-0.39, 0.29) is 0 Å². The molecule has 1 aromatic rings. The number of aliphatic carboxylic acids is 1. The number of hydrogen-bond donors (Lipinski definition) is 1. The van der Waals surface area contributed by atoms with Crippen LogP contribution in [0.3, 0.4) is 0 Å². The lowest BCUT2D eigenvalue weighted by Gasteiger charge is -2.23. The molecule has 3 heteroatoms. The van der Waals surface area contributed by atoms with Crippen LogP contribution in [0.25, 0.3) is 0 Å². The first kappa shape index (κ1) is 13.1. The van der Waals surface area contributed by atoms with Gasteiger partial charge in [-0.3, -0.25) is 4.79 Å². The number of likely N-dealkylation sites (tertiary alicyclic amines) is 1. The van der Waals surface area contributed by atoms with Crippen LogP contribution >= 0.6 is 0 Å². The Hall–Kier alpha value is -1.35. The van der Waals surface area contributed by atoms with E-state index in [1.807, 2.05) is 30.3 Å². The first-order valence-electron chi connectivity index (χ1n) is 6.48. The fourth-order valence-electron chi connectivity index (χ4n) is 2.65. The van der Waals surface area contributed by atoms with E-state index in [1.165, 1.54) is 0 Å². The third-order valence-corrected chi connectivity index (χ3v) is 3.70. The number of benzene rings is 1. The first-order valence-corrected chi connectivity index (χ1v) is 6.48. The zero-order chi connectivity index (χ0) is 13.2. The molecular weight excluding hydrogens is 226 g/mol. The van der Waals surface area contributed by atoms with Crippen LogP contribution in [0.2, 0.25) is 0 Å². The summed E-state index contributed by atoms with van der Waals surface area (Å²) in [7, 11) is 0. The maximum absolute atomic E-state index is 11.4. The molecule has 0 bridgehead atoms. The van der Waals surface area contributed by atoms with E-state index in [9.17, 15) is 9.90 Å². The number of carboxylic acid groups (broad SMARTS) is 1. The van der Waals surface area contributed by atoms with E-state index in [1.54, 1.807) is 0 Å². The van der Waals surface area contributed by atoms with E-state index < -0.39 is 11.9 Å². The molecule has 1 fully saturated rings. The Balaban J connectivity index is 2.07. The SMILES string of the molecule is CC1(C)CCN(CC(C(=O)O)c2ccccc2)C1. The molecule has 1 aromatic carbocycles. The van der Waals surface area contributed by atoms with Crippen molar-refractivity contribution in [2.45, 2.75) is 26.2 Å². The summed E-state index contributed by atoms with van der Waals surface area (Å²) < 4.78 is 0. The van der Waals surface area contributed by atoms with Crippen molar-refractivity contribution < 1.29 is 9.90 Å². The topological polar surface area (TPSA) is 40.5 Å². The van der Waals surface area contributed by atoms with Crippen molar-refractivity contribution in [3.8, 4) is 0 Å². The van der Waals surface area contributed by atoms with Gasteiger partial charge in [-0.15, -0.1) is 0 Å². The largest absolute Gasteiger partial charge is 0.481 e. The maximum Gasteiger partial charge on any atom is 0.312 e. The van der Waals surface area contributed by atoms with Gasteiger partial charge in [-0.25, -0.2) is 0 Å². The molecule has 1 aliphatic rings. The van der Waals surface area contributed by atoms with Gasteiger partial charge in [-0.1, -0.05) is 44.2 Å². The number of carboxylic acids is 1. The van der Waals surface area contributed by atoms with Gasteiger partial charge >= 0.3 is 5.97 Å². The smallest absolute Gasteiger partial charge is 0.312 e. The Kier molecular flexibility index (Phi) is 3.71. The molecular formula is C15H21NO2. The van der Waals surface area contributed by atoms with Gasteiger partial charge in [-0.05, 0) is 23.9 Å². The van der Waals surface area contributed by atoms with Gasteiger partial charge < -0.3 is 10.0 Å². The van der Waals surface area contributed by atoms with Crippen LogP contribution in [0, 0.1) is 5.41 Å². The number of carbonyl (C=O) groups is 1. The average molecular weight is 247 g/mol. The molecule has 1 N–H and O–H groups in total. The number of hydrogen-bond acceptors (Lipinski definition) is 2. The van der Waals surface area contributed by atoms with Crippen LogP contribution in [-0.2, 0) is 4.79 Å². The molecule has 18 heavy (non-hydrogen) atoms. The quantitative estimate of drug-likeness (QED) is 0.889. The zero-order valence-corrected chi connectivity index (χ0v) is 11.1. The Labute approximate surface area is 108 Å². The summed E-state index contributed by atoms with van der Waals surface area (Å²) in [5.41, 5.74) is 1.22. The fourth-order valence-corrected chi connectivity index (χ4v) is 2.65. The molecule has 0 amide bonds. The lowest BCUT2D eigenvalue weighted by atomic mass is 9.93. The van der Waals surface area contributed by atoms with E-state index in [4.69, 9.17) is 0 Å². The number of nitrogens with zero attached hydrogens (tertiary/aromatic N) is 1. The van der Waals surface area contributed by atoms with Gasteiger partial charge in [0.05, 0.1) is 5.92 Å². The van der Waals surface area contributed by atoms with Gasteiger partial charge in [0.1, 0.15) is 0 Å². The molecule has 2 rings (SSSR count). The van der Waals surface area contributed by atoms with Crippen LogP contribution in [0.1, 0.15) is 31.7 Å². The van der Waals surface area contributed by atoms with Crippen LogP contribution < -0.4 is 0 Å². The Morgan fingerprint density at radius 1 is 1.39 bits per heavy atom. The fraction of sp³-hybridized carbons (Fsp3) is 0.533. The van der Waals surface area contributed by atoms with Crippen molar-refractivity contribution >= 4 is 5.97 Å². The highest BCUT2D eigenvalue weighted by atomic mass is 16.4. The standard InChI is InChI=1S/C15H21NO2/c1-15(2)8-9-16(11-15)10-13(14(17)18)12-6-4-3-5-7-12/h3-7,13H,8-11H2,1-2H3,(H,17,18). The minimum Gasteiger partial charge on any atom is -0.481 e. The Morgan fingerprint density at radius 2 is 2.06 bits per heavy atom. The van der Waals surface area contributed by atoms with E-state index in [2.05, 4.69) is 18.7 Å². The first-order chi connectivity index (χ1) is 8.48. The molecule has 1 heterocycles. The second-order valence-electron chi connectivity index (χ2n) is 5.95. The lowest BCUT2D eigenvalue weighted by molar-refractivity contribution is -0.139. The van der Waals surface area contributed by atoms with Crippen molar-refractivity contribution in [3.05, 3.63) is 35.9 Å². The average Bonchev–Trinajstić information content (AvgIpc) is 2.66. The third kappa shape index (κ3) is 3.10. The van der Waals surface area contributed by atoms with Crippen molar-refractivity contribution in [3.63, 3.8) is 0 Å². The molecule has 0 aromatic heterocycles. The van der Waals surface area contributed by atoms with Crippen molar-refractivity contribution in [1.29, 1.82) is 0 Å². The Morgan fingerprint density at radius 3 is 2.56 bits per heavy atom. The normalized spacial score (nSPS) is 20.8. The monoisotopic (exact) mass is 247 g/mol. The molecule has 1 saturated heterocycles. The summed E-state index contributed by atoms with van der Waals surface area (Å²) in [4.78, 5) is 13.7. The minimum atomic E-state index is -0.731. The Bertz CT molecular complexity index is 414. The zero-order valence-electron chi connectivity index (χ0n) is 11.1. The van der Waals surface area contributed by atoms with Gasteiger partial charge in [-0.2, -0.15) is 0 Å². The molecule has 3 nitrogen and oxygen atoms in total. The van der Waals surface area contributed by atoms with Crippen LogP contribution in [-0.4, -0.2) is 35.6 Å². The van der Waals surface area contributed by atoms with Crippen molar-refractivity contribution in [2.24, 2.45) is 5.41 Å². The summed E-state index contributed by atoms with van der Waals surface area (Å²) in [6.45, 7) is 7.09. The predicted molar refractivity (Wildman–Crippen MR) is 71.7 cm³/mol. The highest BCUT2D eigenvalue weighted by molar-refractivity contribution is 5.76. The van der Waals surface area contributed by atoms with Gasteiger partial charge in [0.25, 0.3) is 0 Å². The second kappa shape index (κ2) is 5.11. The summed E-state index contributed by atoms with van der Waals surface area (Å²) in [5, 5.41) is 9.39. The van der Waals surface area contributed by atoms with Crippen molar-refractivity contribution in [2.75, 3.05) is 19.6 Å². The summed E-state index contributed by atoms with van der Waals surface area (Å²) in [6.07, 6.45) is 1.15. The highest BCUT2D eigenvalue weighted by Crippen LogP contribution is 2.30. The minimum absolute atomic E-state index is 0.319. The summed E-state index contributed by atoms with van der Waals surface area (Å²) in [6, 6.07) is 9.53. The number of rotatable bonds is 4. The van der Waals surface area contributed by atoms with Crippen LogP contribution in [0.15, 0.2) is 30.3 Å². The predicted octanol–water partition coefficient (Wildman–Crippen LogP) is 2.59. The molecule has 1 atom stereocenters. The van der Waals surface area contributed by atoms with E-state index in [0.717, 1.165) is 25.1 Å². The molecule has 0 spiro atoms. The van der Waals surface area contributed by atoms with Crippen LogP contribution in [0.4, 0.5) is 0 Å². The maximum atomic E-state index is 11.4. The molecule has 0 aliphatic carbocycles. The van der Waals surface area contributed by atoms with Crippen LogP contribution in [0.5, 0.6) is 0 Å². The molecule has 0 saturated carbocycles. The third-order valence-electron chi connectivity index (χ3n) is 3.70. The van der Waals surface area contributed by atoms with Gasteiger partial charge in [0, 0.05) is 13.1 Å². The van der Waals surface area contributed by atoms with E-state index in [0.29, 0.717) is 12.0 Å². The molecule has 1 unspecified atom stereocenters. The molecule has 1 aliphatic heterocycles. The summed E-state index contributed by atoms with van der Waals surface area (Å²) >= 11 is 0. The van der Waals surface area contributed by atoms with E-state index >= 15 is 0 Å². The molecule has 0 radical (unpaired) electrons. The second-order valence-corrected chi connectivity index (χ2v) is 5.95. The highest BCUT2D eigenvalue weighted by Gasteiger charge is 2.32. The lowest BCUT2D eigenvalue weighted by Crippen LogP contribution is -2.31. The van der Waals surface area contributed by atoms with Gasteiger partial charge in [0.2, 0.25) is 0 Å². The van der Waals surface area contributed by atoms with Gasteiger partial charge in [0.15, 0.2) is 0 Å². The summed E-state index contributed by atoms with van der Waals surface area (Å²) in [5.74, 6) is -1.15. The molecule has 98 valence electrons. The van der Waals surface area contributed by atoms with Crippen molar-refractivity contribution in [1.82, 2.24) is 4.90 Å².